The van der Waals surface area contributed by atoms with Gasteiger partial charge in [0.25, 0.3) is 0 Å². The van der Waals surface area contributed by atoms with Crippen LogP contribution in [0.3, 0.4) is 0 Å². The van der Waals surface area contributed by atoms with E-state index in [1.807, 2.05) is 0 Å². The van der Waals surface area contributed by atoms with Gasteiger partial charge >= 0.3 is 11.9 Å². The van der Waals surface area contributed by atoms with Crippen LogP contribution >= 0.6 is 0 Å². The smallest absolute Gasteiger partial charge is 0.322 e. The summed E-state index contributed by atoms with van der Waals surface area (Å²) in [6, 6.07) is 0. The first-order chi connectivity index (χ1) is 23.5. The van der Waals surface area contributed by atoms with Crippen molar-refractivity contribution < 1.29 is 24.2 Å². The molecule has 0 aromatic carbocycles. The van der Waals surface area contributed by atoms with Crippen molar-refractivity contribution >= 4 is 17.8 Å². The number of rotatable bonds is 38. The number of carboxylic acids is 1. The molecule has 0 aliphatic rings. The number of amides is 1. The fourth-order valence-electron chi connectivity index (χ4n) is 6.33. The predicted octanol–water partition coefficient (Wildman–Crippen LogP) is 12.6. The number of ether oxygens (including phenoxy) is 1. The van der Waals surface area contributed by atoms with Gasteiger partial charge in [-0.25, -0.2) is 0 Å². The lowest BCUT2D eigenvalue weighted by Crippen LogP contribution is -2.28. The van der Waals surface area contributed by atoms with Crippen molar-refractivity contribution in [3.63, 3.8) is 0 Å². The lowest BCUT2D eigenvalue weighted by molar-refractivity contribution is -0.150. The van der Waals surface area contributed by atoms with Gasteiger partial charge in [0.15, 0.2) is 0 Å². The summed E-state index contributed by atoms with van der Waals surface area (Å²) in [7, 11) is 0. The van der Waals surface area contributed by atoms with Gasteiger partial charge in [0.1, 0.15) is 12.6 Å². The highest BCUT2D eigenvalue weighted by Gasteiger charge is 2.14. The summed E-state index contributed by atoms with van der Waals surface area (Å²) in [6.07, 6.45) is 43.3. The number of carbonyl (C=O) groups is 3. The van der Waals surface area contributed by atoms with Crippen LogP contribution in [0.5, 0.6) is 0 Å². The van der Waals surface area contributed by atoms with Crippen molar-refractivity contribution in [2.24, 2.45) is 0 Å². The van der Waals surface area contributed by atoms with Crippen LogP contribution in [0.2, 0.25) is 0 Å². The Balaban J connectivity index is 4.17. The molecule has 1 atom stereocenters. The van der Waals surface area contributed by atoms with Crippen molar-refractivity contribution in [2.45, 2.75) is 232 Å². The number of unbranched alkanes of at least 4 members (excludes halogenated alkanes) is 25. The SMILES string of the molecule is CCCCC/C=C\CCCCCCCC(=O)OC(CCCCCCCCCCCCCCCC)CCCCCCCC(=O)NCC(=O)O. The molecule has 1 amide bonds. The van der Waals surface area contributed by atoms with Crippen molar-refractivity contribution in [1.29, 1.82) is 0 Å². The minimum atomic E-state index is -1.01. The molecule has 0 saturated heterocycles. The van der Waals surface area contributed by atoms with Gasteiger partial charge in [-0.05, 0) is 64.2 Å². The maximum Gasteiger partial charge on any atom is 0.322 e. The maximum absolute atomic E-state index is 12.7. The Labute approximate surface area is 297 Å². The van der Waals surface area contributed by atoms with Crippen molar-refractivity contribution in [3.05, 3.63) is 12.2 Å². The van der Waals surface area contributed by atoms with E-state index in [0.717, 1.165) is 64.2 Å². The van der Waals surface area contributed by atoms with Gasteiger partial charge in [-0.2, -0.15) is 0 Å². The molecule has 0 aromatic heterocycles. The molecule has 0 fully saturated rings. The summed E-state index contributed by atoms with van der Waals surface area (Å²) in [4.78, 5) is 35.0. The Kier molecular flexibility index (Phi) is 36.5. The fourth-order valence-corrected chi connectivity index (χ4v) is 6.33. The Bertz CT molecular complexity index is 752. The van der Waals surface area contributed by atoms with E-state index in [4.69, 9.17) is 9.84 Å². The van der Waals surface area contributed by atoms with Crippen LogP contribution in [0.15, 0.2) is 12.2 Å². The van der Waals surface area contributed by atoms with E-state index in [0.29, 0.717) is 12.8 Å². The molecule has 0 radical (unpaired) electrons. The molecular formula is C42H79NO5. The highest BCUT2D eigenvalue weighted by Crippen LogP contribution is 2.19. The zero-order valence-corrected chi connectivity index (χ0v) is 31.9. The monoisotopic (exact) mass is 678 g/mol. The van der Waals surface area contributed by atoms with E-state index in [9.17, 15) is 14.4 Å². The molecule has 0 heterocycles. The summed E-state index contributed by atoms with van der Waals surface area (Å²) >= 11 is 0. The average molecular weight is 678 g/mol. The minimum absolute atomic E-state index is 0.0206. The first kappa shape index (κ1) is 46.1. The van der Waals surface area contributed by atoms with Gasteiger partial charge < -0.3 is 15.2 Å². The highest BCUT2D eigenvalue weighted by atomic mass is 16.5. The molecule has 0 saturated carbocycles. The van der Waals surface area contributed by atoms with E-state index < -0.39 is 5.97 Å². The van der Waals surface area contributed by atoms with E-state index in [2.05, 4.69) is 31.3 Å². The molecule has 6 heteroatoms. The molecule has 282 valence electrons. The molecule has 0 aromatic rings. The summed E-state index contributed by atoms with van der Waals surface area (Å²) in [6.45, 7) is 4.21. The van der Waals surface area contributed by atoms with Crippen LogP contribution in [0.1, 0.15) is 226 Å². The second-order valence-corrected chi connectivity index (χ2v) is 14.2. The molecule has 0 aliphatic heterocycles. The molecule has 0 aliphatic carbocycles. The third-order valence-electron chi connectivity index (χ3n) is 9.44. The van der Waals surface area contributed by atoms with Crippen LogP contribution in [0, 0.1) is 0 Å². The predicted molar refractivity (Wildman–Crippen MR) is 203 cm³/mol. The maximum atomic E-state index is 12.7. The zero-order chi connectivity index (χ0) is 35.2. The van der Waals surface area contributed by atoms with Crippen molar-refractivity contribution in [3.8, 4) is 0 Å². The van der Waals surface area contributed by atoms with E-state index >= 15 is 0 Å². The lowest BCUT2D eigenvalue weighted by atomic mass is 10.0. The quantitative estimate of drug-likeness (QED) is 0.0385. The number of esters is 1. The summed E-state index contributed by atoms with van der Waals surface area (Å²) in [5, 5.41) is 11.1. The van der Waals surface area contributed by atoms with Crippen LogP contribution in [-0.2, 0) is 19.1 Å². The third kappa shape index (κ3) is 37.0. The van der Waals surface area contributed by atoms with E-state index in [-0.39, 0.29) is 24.5 Å². The third-order valence-corrected chi connectivity index (χ3v) is 9.44. The van der Waals surface area contributed by atoms with Crippen molar-refractivity contribution in [2.75, 3.05) is 6.54 Å². The number of nitrogens with one attached hydrogen (secondary N) is 1. The first-order valence-corrected chi connectivity index (χ1v) is 20.8. The number of hydrogen-bond acceptors (Lipinski definition) is 4. The minimum Gasteiger partial charge on any atom is -0.480 e. The molecule has 0 spiro atoms. The van der Waals surface area contributed by atoms with Crippen LogP contribution < -0.4 is 5.32 Å². The number of allylic oxidation sites excluding steroid dienone is 2. The second-order valence-electron chi connectivity index (χ2n) is 14.2. The van der Waals surface area contributed by atoms with Crippen LogP contribution in [0.25, 0.3) is 0 Å². The Morgan fingerprint density at radius 1 is 0.521 bits per heavy atom. The summed E-state index contributed by atoms with van der Waals surface area (Å²) in [5.74, 6) is -1.23. The number of carboxylic acid groups (broad SMARTS) is 1. The van der Waals surface area contributed by atoms with Crippen molar-refractivity contribution in [1.82, 2.24) is 5.32 Å². The normalized spacial score (nSPS) is 12.0. The standard InChI is InChI=1S/C42H79NO5/c1-3-5-7-9-11-13-15-17-18-19-21-23-26-30-34-39(35-31-27-25-28-32-36-40(44)43-38-41(45)46)48-42(47)37-33-29-24-22-20-16-14-12-10-8-6-4-2/h12,14,39H,3-11,13,15-38H2,1-2H3,(H,43,44)(H,45,46)/b14-12-. The van der Waals surface area contributed by atoms with Gasteiger partial charge in [0.2, 0.25) is 5.91 Å². The highest BCUT2D eigenvalue weighted by molar-refractivity contribution is 5.80. The molecule has 2 N–H and O–H groups in total. The van der Waals surface area contributed by atoms with Gasteiger partial charge in [-0.15, -0.1) is 0 Å². The number of hydrogen-bond donors (Lipinski definition) is 2. The number of aliphatic carboxylic acids is 1. The molecule has 0 rings (SSSR count). The average Bonchev–Trinajstić information content (AvgIpc) is 3.07. The van der Waals surface area contributed by atoms with Gasteiger partial charge in [0, 0.05) is 12.8 Å². The van der Waals surface area contributed by atoms with Gasteiger partial charge in [-0.3, -0.25) is 14.4 Å². The zero-order valence-electron chi connectivity index (χ0n) is 31.9. The molecule has 0 bridgehead atoms. The first-order valence-electron chi connectivity index (χ1n) is 20.8. The number of carbonyl (C=O) groups excluding carboxylic acids is 2. The van der Waals surface area contributed by atoms with E-state index in [1.54, 1.807) is 0 Å². The largest absolute Gasteiger partial charge is 0.480 e. The Hall–Kier alpha value is -1.85. The Morgan fingerprint density at radius 3 is 1.38 bits per heavy atom. The topological polar surface area (TPSA) is 92.7 Å². The van der Waals surface area contributed by atoms with Gasteiger partial charge in [0.05, 0.1) is 0 Å². The van der Waals surface area contributed by atoms with Gasteiger partial charge in [-0.1, -0.05) is 161 Å². The molecule has 48 heavy (non-hydrogen) atoms. The second kappa shape index (κ2) is 38.0. The van der Waals surface area contributed by atoms with Crippen LogP contribution in [-0.4, -0.2) is 35.6 Å². The van der Waals surface area contributed by atoms with Crippen LogP contribution in [0.4, 0.5) is 0 Å². The van der Waals surface area contributed by atoms with E-state index in [1.165, 1.54) is 135 Å². The summed E-state index contributed by atoms with van der Waals surface area (Å²) < 4.78 is 6.02. The Morgan fingerprint density at radius 2 is 0.896 bits per heavy atom. The molecule has 6 nitrogen and oxygen atoms in total. The summed E-state index contributed by atoms with van der Waals surface area (Å²) in [5.41, 5.74) is 0. The lowest BCUT2D eigenvalue weighted by Gasteiger charge is -2.18. The molecule has 1 unspecified atom stereocenters. The molecular weight excluding hydrogens is 598 g/mol. The fraction of sp³-hybridized carbons (Fsp3) is 0.881.